The second-order valence-electron chi connectivity index (χ2n) is 5.87. The van der Waals surface area contributed by atoms with E-state index in [2.05, 4.69) is 31.3 Å². The zero-order valence-corrected chi connectivity index (χ0v) is 12.7. The smallest absolute Gasteiger partial charge is 0.322 e. The Balaban J connectivity index is 1.97. The number of ether oxygens (including phenoxy) is 1. The van der Waals surface area contributed by atoms with Crippen molar-refractivity contribution < 1.29 is 9.53 Å². The second-order valence-corrected chi connectivity index (χ2v) is 5.87. The van der Waals surface area contributed by atoms with Crippen LogP contribution in [0.2, 0.25) is 0 Å². The number of nitrogens with one attached hydrogen (secondary N) is 1. The minimum atomic E-state index is -0.0516. The summed E-state index contributed by atoms with van der Waals surface area (Å²) in [5, 5.41) is 2.95. The highest BCUT2D eigenvalue weighted by atomic mass is 16.5. The van der Waals surface area contributed by atoms with Gasteiger partial charge in [-0.05, 0) is 37.5 Å². The van der Waals surface area contributed by atoms with Gasteiger partial charge < -0.3 is 15.0 Å². The van der Waals surface area contributed by atoms with Crippen LogP contribution in [0.15, 0.2) is 24.3 Å². The van der Waals surface area contributed by atoms with Crippen LogP contribution in [-0.4, -0.2) is 36.2 Å². The number of hydrogen-bond donors (Lipinski definition) is 1. The fraction of sp³-hybridized carbons (Fsp3) is 0.562. The molecule has 0 radical (unpaired) electrons. The summed E-state index contributed by atoms with van der Waals surface area (Å²) in [6.07, 6.45) is 0.181. The lowest BCUT2D eigenvalue weighted by atomic mass is 10.0. The number of urea groups is 1. The average molecular weight is 276 g/mol. The van der Waals surface area contributed by atoms with Crippen LogP contribution in [0.1, 0.15) is 39.2 Å². The predicted molar refractivity (Wildman–Crippen MR) is 81.1 cm³/mol. The maximum Gasteiger partial charge on any atom is 0.322 e. The van der Waals surface area contributed by atoms with E-state index in [1.807, 2.05) is 30.9 Å². The number of amides is 2. The molecule has 1 N–H and O–H groups in total. The third kappa shape index (κ3) is 3.73. The SMILES string of the molecule is CC(C)c1ccc(NC(=O)N2C[C@@H](C)O[C@@H](C)C2)cc1. The number of hydrogen-bond acceptors (Lipinski definition) is 2. The van der Waals surface area contributed by atoms with Gasteiger partial charge in [-0.25, -0.2) is 4.79 Å². The number of morpholine rings is 1. The molecule has 0 bridgehead atoms. The van der Waals surface area contributed by atoms with Crippen LogP contribution >= 0.6 is 0 Å². The van der Waals surface area contributed by atoms with Crippen molar-refractivity contribution in [2.24, 2.45) is 0 Å². The fourth-order valence-electron chi connectivity index (χ4n) is 2.50. The number of nitrogens with zero attached hydrogens (tertiary/aromatic N) is 1. The monoisotopic (exact) mass is 276 g/mol. The largest absolute Gasteiger partial charge is 0.372 e. The van der Waals surface area contributed by atoms with Crippen molar-refractivity contribution in [2.75, 3.05) is 18.4 Å². The van der Waals surface area contributed by atoms with Gasteiger partial charge in [-0.15, -0.1) is 0 Å². The molecular weight excluding hydrogens is 252 g/mol. The molecule has 20 heavy (non-hydrogen) atoms. The molecule has 1 aliphatic rings. The van der Waals surface area contributed by atoms with Crippen LogP contribution in [0.5, 0.6) is 0 Å². The molecule has 1 aromatic carbocycles. The maximum absolute atomic E-state index is 12.2. The van der Waals surface area contributed by atoms with Crippen LogP contribution in [0.4, 0.5) is 10.5 Å². The van der Waals surface area contributed by atoms with E-state index in [9.17, 15) is 4.79 Å². The van der Waals surface area contributed by atoms with E-state index in [4.69, 9.17) is 4.74 Å². The molecule has 1 saturated heterocycles. The summed E-state index contributed by atoms with van der Waals surface area (Å²) in [7, 11) is 0. The summed E-state index contributed by atoms with van der Waals surface area (Å²) in [5.74, 6) is 0.501. The quantitative estimate of drug-likeness (QED) is 0.899. The number of carbonyl (C=O) groups is 1. The molecule has 1 heterocycles. The van der Waals surface area contributed by atoms with E-state index in [1.165, 1.54) is 5.56 Å². The molecule has 0 saturated carbocycles. The summed E-state index contributed by atoms with van der Waals surface area (Å²) in [5.41, 5.74) is 2.11. The molecule has 2 amide bonds. The lowest BCUT2D eigenvalue weighted by Crippen LogP contribution is -2.49. The van der Waals surface area contributed by atoms with E-state index >= 15 is 0 Å². The van der Waals surface area contributed by atoms with E-state index in [-0.39, 0.29) is 18.2 Å². The van der Waals surface area contributed by atoms with Gasteiger partial charge in [0.2, 0.25) is 0 Å². The van der Waals surface area contributed by atoms with Gasteiger partial charge in [0.25, 0.3) is 0 Å². The van der Waals surface area contributed by atoms with Gasteiger partial charge in [-0.1, -0.05) is 26.0 Å². The minimum absolute atomic E-state index is 0.0516. The van der Waals surface area contributed by atoms with Crippen LogP contribution < -0.4 is 5.32 Å². The van der Waals surface area contributed by atoms with Gasteiger partial charge in [0.15, 0.2) is 0 Å². The van der Waals surface area contributed by atoms with Crippen LogP contribution in [-0.2, 0) is 4.74 Å². The number of anilines is 1. The van der Waals surface area contributed by atoms with Gasteiger partial charge in [0.1, 0.15) is 0 Å². The van der Waals surface area contributed by atoms with Crippen molar-refractivity contribution in [3.05, 3.63) is 29.8 Å². The van der Waals surface area contributed by atoms with Crippen molar-refractivity contribution in [2.45, 2.75) is 45.8 Å². The van der Waals surface area contributed by atoms with Crippen molar-refractivity contribution in [1.82, 2.24) is 4.90 Å². The molecular formula is C16H24N2O2. The first kappa shape index (κ1) is 14.9. The van der Waals surface area contributed by atoms with Gasteiger partial charge >= 0.3 is 6.03 Å². The maximum atomic E-state index is 12.2. The fourth-order valence-corrected chi connectivity index (χ4v) is 2.50. The zero-order valence-electron chi connectivity index (χ0n) is 12.7. The van der Waals surface area contributed by atoms with E-state index in [0.717, 1.165) is 5.69 Å². The number of rotatable bonds is 2. The van der Waals surface area contributed by atoms with Gasteiger partial charge in [0, 0.05) is 18.8 Å². The summed E-state index contributed by atoms with van der Waals surface area (Å²) in [6, 6.07) is 7.99. The molecule has 0 aromatic heterocycles. The number of benzene rings is 1. The topological polar surface area (TPSA) is 41.6 Å². The summed E-state index contributed by atoms with van der Waals surface area (Å²) in [4.78, 5) is 14.1. The molecule has 1 fully saturated rings. The summed E-state index contributed by atoms with van der Waals surface area (Å²) >= 11 is 0. The lowest BCUT2D eigenvalue weighted by molar-refractivity contribution is -0.0530. The van der Waals surface area contributed by atoms with Crippen LogP contribution in [0.25, 0.3) is 0 Å². The highest BCUT2D eigenvalue weighted by molar-refractivity contribution is 5.89. The lowest BCUT2D eigenvalue weighted by Gasteiger charge is -2.35. The zero-order chi connectivity index (χ0) is 14.7. The molecule has 4 nitrogen and oxygen atoms in total. The molecule has 2 atom stereocenters. The third-order valence-corrected chi connectivity index (χ3v) is 3.54. The van der Waals surface area contributed by atoms with Gasteiger partial charge in [-0.3, -0.25) is 0 Å². The predicted octanol–water partition coefficient (Wildman–Crippen LogP) is 3.45. The molecule has 110 valence electrons. The van der Waals surface area contributed by atoms with Gasteiger partial charge in [0.05, 0.1) is 12.2 Å². The standard InChI is InChI=1S/C16H24N2O2/c1-11(2)14-5-7-15(8-6-14)17-16(19)18-9-12(3)20-13(4)10-18/h5-8,11-13H,9-10H2,1-4H3,(H,17,19)/t12-,13+. The molecule has 2 rings (SSSR count). The van der Waals surface area contributed by atoms with Crippen LogP contribution in [0.3, 0.4) is 0 Å². The highest BCUT2D eigenvalue weighted by Gasteiger charge is 2.25. The Morgan fingerprint density at radius 2 is 1.75 bits per heavy atom. The molecule has 4 heteroatoms. The normalized spacial score (nSPS) is 22.9. The first-order valence-corrected chi connectivity index (χ1v) is 7.27. The Labute approximate surface area is 121 Å². The van der Waals surface area contributed by atoms with Crippen molar-refractivity contribution in [3.8, 4) is 0 Å². The molecule has 0 aliphatic carbocycles. The van der Waals surface area contributed by atoms with Crippen LogP contribution in [0, 0.1) is 0 Å². The van der Waals surface area contributed by atoms with E-state index in [0.29, 0.717) is 19.0 Å². The summed E-state index contributed by atoms with van der Waals surface area (Å²) in [6.45, 7) is 9.58. The Bertz CT molecular complexity index is 446. The first-order valence-electron chi connectivity index (χ1n) is 7.27. The van der Waals surface area contributed by atoms with Crippen molar-refractivity contribution in [1.29, 1.82) is 0 Å². The third-order valence-electron chi connectivity index (χ3n) is 3.54. The number of carbonyl (C=O) groups excluding carboxylic acids is 1. The van der Waals surface area contributed by atoms with E-state index < -0.39 is 0 Å². The Morgan fingerprint density at radius 1 is 1.20 bits per heavy atom. The molecule has 0 spiro atoms. The van der Waals surface area contributed by atoms with E-state index in [1.54, 1.807) is 0 Å². The Hall–Kier alpha value is -1.55. The highest BCUT2D eigenvalue weighted by Crippen LogP contribution is 2.18. The van der Waals surface area contributed by atoms with Crippen molar-refractivity contribution in [3.63, 3.8) is 0 Å². The Morgan fingerprint density at radius 3 is 2.25 bits per heavy atom. The molecule has 1 aromatic rings. The Kier molecular flexibility index (Phi) is 4.65. The minimum Gasteiger partial charge on any atom is -0.372 e. The van der Waals surface area contributed by atoms with Crippen molar-refractivity contribution >= 4 is 11.7 Å². The van der Waals surface area contributed by atoms with Gasteiger partial charge in [-0.2, -0.15) is 0 Å². The second kappa shape index (κ2) is 6.27. The average Bonchev–Trinajstić information content (AvgIpc) is 2.38. The molecule has 1 aliphatic heterocycles. The first-order chi connectivity index (χ1) is 9.45. The molecule has 0 unspecified atom stereocenters. The summed E-state index contributed by atoms with van der Waals surface area (Å²) < 4.78 is 5.64.